The summed E-state index contributed by atoms with van der Waals surface area (Å²) >= 11 is 0. The molecule has 4 heterocycles. The molecule has 6 rings (SSSR count). The molecule has 38 heavy (non-hydrogen) atoms. The number of fused-ring (bicyclic) bond motifs is 3. The van der Waals surface area contributed by atoms with Crippen molar-refractivity contribution in [2.75, 3.05) is 0 Å². The van der Waals surface area contributed by atoms with Crippen molar-refractivity contribution in [1.82, 2.24) is 15.0 Å². The number of furan rings is 1. The molecule has 0 amide bonds. The Morgan fingerprint density at radius 1 is 0.789 bits per heavy atom. The molecule has 0 aliphatic carbocycles. The van der Waals surface area contributed by atoms with Crippen molar-refractivity contribution in [2.24, 2.45) is 0 Å². The minimum atomic E-state index is -1.55. The van der Waals surface area contributed by atoms with E-state index in [9.17, 15) is 0 Å². The number of rotatable bonds is 3. The first-order valence-corrected chi connectivity index (χ1v) is 15.9. The van der Waals surface area contributed by atoms with E-state index in [1.807, 2.05) is 74.9 Å². The Balaban J connectivity index is 0.000000204. The number of nitrogens with zero attached hydrogens (tertiary/aromatic N) is 3. The smallest absolute Gasteiger partial charge is 0.124 e. The van der Waals surface area contributed by atoms with Gasteiger partial charge in [-0.1, -0.05) is 54.9 Å². The van der Waals surface area contributed by atoms with Crippen molar-refractivity contribution in [3.05, 3.63) is 109 Å². The molecule has 0 bridgehead atoms. The monoisotopic (exact) mass is 692 g/mol. The van der Waals surface area contributed by atoms with E-state index in [0.29, 0.717) is 0 Å². The molecule has 0 saturated carbocycles. The number of benzene rings is 2. The van der Waals surface area contributed by atoms with Crippen LogP contribution in [0.3, 0.4) is 0 Å². The molecule has 6 heteroatoms. The van der Waals surface area contributed by atoms with Crippen LogP contribution in [0.15, 0.2) is 89.9 Å². The molecule has 0 atom stereocenters. The van der Waals surface area contributed by atoms with E-state index in [-0.39, 0.29) is 20.1 Å². The maximum absolute atomic E-state index is 6.22. The molecule has 2 aromatic carbocycles. The second-order valence-corrected chi connectivity index (χ2v) is 15.3. The van der Waals surface area contributed by atoms with Crippen LogP contribution in [0.5, 0.6) is 0 Å². The Morgan fingerprint density at radius 2 is 1.50 bits per heavy atom. The minimum absolute atomic E-state index is 0. The molecule has 0 fully saturated rings. The van der Waals surface area contributed by atoms with Crippen LogP contribution in [0.4, 0.5) is 0 Å². The number of aryl methyl sites for hydroxylation is 2. The van der Waals surface area contributed by atoms with Crippen LogP contribution in [-0.4, -0.2) is 23.0 Å². The van der Waals surface area contributed by atoms with Gasteiger partial charge in [0.25, 0.3) is 0 Å². The number of hydrogen-bond acceptors (Lipinski definition) is 4. The van der Waals surface area contributed by atoms with Gasteiger partial charge in [0.1, 0.15) is 5.58 Å². The first-order valence-electron chi connectivity index (χ1n) is 12.4. The zero-order chi connectivity index (χ0) is 26.0. The molecule has 0 aliphatic heterocycles. The van der Waals surface area contributed by atoms with Gasteiger partial charge in [0.2, 0.25) is 0 Å². The second kappa shape index (κ2) is 11.5. The minimum Gasteiger partial charge on any atom is -0.500 e. The molecular formula is C32H29IrN3OSi-2. The summed E-state index contributed by atoms with van der Waals surface area (Å²) in [6.07, 6.45) is 7.42. The number of pyridine rings is 3. The molecule has 4 aromatic heterocycles. The molecular weight excluding hydrogens is 663 g/mol. The van der Waals surface area contributed by atoms with Gasteiger partial charge in [0.05, 0.1) is 5.58 Å². The van der Waals surface area contributed by atoms with E-state index in [4.69, 9.17) is 4.42 Å². The summed E-state index contributed by atoms with van der Waals surface area (Å²) in [5.74, 6) is 0. The molecule has 0 spiro atoms. The van der Waals surface area contributed by atoms with Gasteiger partial charge in [0.15, 0.2) is 0 Å². The Morgan fingerprint density at radius 3 is 2.11 bits per heavy atom. The average Bonchev–Trinajstić information content (AvgIpc) is 3.29. The third-order valence-electron chi connectivity index (χ3n) is 6.22. The van der Waals surface area contributed by atoms with Crippen molar-refractivity contribution >= 4 is 35.2 Å². The van der Waals surface area contributed by atoms with Crippen LogP contribution >= 0.6 is 0 Å². The second-order valence-electron chi connectivity index (χ2n) is 10.2. The van der Waals surface area contributed by atoms with Gasteiger partial charge in [-0.05, 0) is 42.4 Å². The maximum atomic E-state index is 6.22. The maximum Gasteiger partial charge on any atom is 0.124 e. The van der Waals surface area contributed by atoms with Gasteiger partial charge < -0.3 is 14.4 Å². The van der Waals surface area contributed by atoms with Gasteiger partial charge in [-0.3, -0.25) is 4.98 Å². The molecule has 4 nitrogen and oxygen atoms in total. The van der Waals surface area contributed by atoms with Crippen LogP contribution in [-0.2, 0) is 20.1 Å². The van der Waals surface area contributed by atoms with Gasteiger partial charge in [-0.25, -0.2) is 0 Å². The molecule has 0 saturated heterocycles. The van der Waals surface area contributed by atoms with Gasteiger partial charge in [-0.2, -0.15) is 0 Å². The van der Waals surface area contributed by atoms with Gasteiger partial charge in [-0.15, -0.1) is 53.2 Å². The fourth-order valence-corrected chi connectivity index (χ4v) is 5.75. The van der Waals surface area contributed by atoms with E-state index < -0.39 is 8.07 Å². The van der Waals surface area contributed by atoms with E-state index in [2.05, 4.69) is 64.9 Å². The standard InChI is InChI=1S/C20H19N2OSi.C12H10N.Ir/c1-13-5-7-16(22-11-13)14-6-8-18(24(2,3)4)19-15-12-21-10-9-17(15)23-20(14)19;1-10-7-8-12(13-9-10)11-5-3-2-4-6-11;/h5,7-12H,1-4H3;2-5,7-9H,1H3;/q2*-1;. The van der Waals surface area contributed by atoms with Crippen molar-refractivity contribution in [2.45, 2.75) is 33.5 Å². The van der Waals surface area contributed by atoms with Crippen molar-refractivity contribution in [3.63, 3.8) is 0 Å². The Bertz CT molecular complexity index is 1660. The molecule has 6 aromatic rings. The zero-order valence-electron chi connectivity index (χ0n) is 22.2. The van der Waals surface area contributed by atoms with Gasteiger partial charge in [0, 0.05) is 58.4 Å². The Kier molecular flexibility index (Phi) is 8.37. The normalized spacial score (nSPS) is 11.1. The van der Waals surface area contributed by atoms with E-state index in [1.54, 1.807) is 6.20 Å². The molecule has 0 aliphatic rings. The third kappa shape index (κ3) is 5.83. The summed E-state index contributed by atoms with van der Waals surface area (Å²) in [6, 6.07) is 26.7. The van der Waals surface area contributed by atoms with Crippen molar-refractivity contribution in [3.8, 4) is 22.5 Å². The number of hydrogen-bond donors (Lipinski definition) is 0. The predicted octanol–water partition coefficient (Wildman–Crippen LogP) is 7.55. The first-order chi connectivity index (χ1) is 17.8. The van der Waals surface area contributed by atoms with Gasteiger partial charge >= 0.3 is 0 Å². The largest absolute Gasteiger partial charge is 0.500 e. The SMILES string of the molecule is Cc1ccc(-c2[c-]cc([Si](C)(C)C)c3c2oc2ccncc23)nc1.Cc1ccc(-c2[c-]cccc2)nc1.[Ir]. The first kappa shape index (κ1) is 27.6. The average molecular weight is 692 g/mol. The van der Waals surface area contributed by atoms with Crippen molar-refractivity contribution < 1.29 is 24.5 Å². The summed E-state index contributed by atoms with van der Waals surface area (Å²) < 4.78 is 6.22. The van der Waals surface area contributed by atoms with Crippen LogP contribution in [0, 0.1) is 26.0 Å². The Labute approximate surface area is 238 Å². The van der Waals surface area contributed by atoms with Crippen LogP contribution in [0.2, 0.25) is 19.6 Å². The molecule has 1 radical (unpaired) electrons. The fraction of sp³-hybridized carbons (Fsp3) is 0.156. The number of aromatic nitrogens is 3. The van der Waals surface area contributed by atoms with E-state index in [0.717, 1.165) is 44.6 Å². The van der Waals surface area contributed by atoms with Crippen LogP contribution in [0.1, 0.15) is 11.1 Å². The third-order valence-corrected chi connectivity index (χ3v) is 8.23. The Hall–Kier alpha value is -3.44. The summed E-state index contributed by atoms with van der Waals surface area (Å²) in [7, 11) is -1.55. The fourth-order valence-electron chi connectivity index (χ4n) is 4.24. The summed E-state index contributed by atoms with van der Waals surface area (Å²) in [6.45, 7) is 11.1. The van der Waals surface area contributed by atoms with E-state index >= 15 is 0 Å². The van der Waals surface area contributed by atoms with Crippen molar-refractivity contribution in [1.29, 1.82) is 0 Å². The summed E-state index contributed by atoms with van der Waals surface area (Å²) in [5, 5.41) is 3.60. The summed E-state index contributed by atoms with van der Waals surface area (Å²) in [5.41, 5.74) is 7.89. The predicted molar refractivity (Wildman–Crippen MR) is 155 cm³/mol. The van der Waals surface area contributed by atoms with Crippen LogP contribution < -0.4 is 5.19 Å². The quantitative estimate of drug-likeness (QED) is 0.142. The topological polar surface area (TPSA) is 51.8 Å². The zero-order valence-corrected chi connectivity index (χ0v) is 25.6. The van der Waals surface area contributed by atoms with E-state index in [1.165, 1.54) is 16.1 Å². The molecule has 0 unspecified atom stereocenters. The molecule has 0 N–H and O–H groups in total. The molecule has 193 valence electrons. The van der Waals surface area contributed by atoms with Crippen LogP contribution in [0.25, 0.3) is 44.5 Å². The summed E-state index contributed by atoms with van der Waals surface area (Å²) in [4.78, 5) is 13.2.